The zero-order chi connectivity index (χ0) is 9.80. The molecule has 0 unspecified atom stereocenters. The minimum atomic E-state index is 0.557. The molecule has 0 spiro atoms. The predicted octanol–water partition coefficient (Wildman–Crippen LogP) is 2.57. The molecule has 2 rings (SSSR count). The molecular weight excluding hydrogens is 194 g/mol. The summed E-state index contributed by atoms with van der Waals surface area (Å²) in [5.41, 5.74) is 2.03. The molecule has 1 heterocycles. The van der Waals surface area contributed by atoms with Gasteiger partial charge in [-0.05, 0) is 12.1 Å². The van der Waals surface area contributed by atoms with Gasteiger partial charge in [0.05, 0.1) is 17.1 Å². The van der Waals surface area contributed by atoms with Crippen LogP contribution in [0.1, 0.15) is 6.42 Å². The molecule has 70 valence electrons. The van der Waals surface area contributed by atoms with Crippen LogP contribution in [-0.2, 0) is 0 Å². The maximum atomic E-state index is 8.39. The van der Waals surface area contributed by atoms with Crippen LogP contribution in [0.2, 0.25) is 0 Å². The van der Waals surface area contributed by atoms with Crippen molar-refractivity contribution in [3.05, 3.63) is 24.3 Å². The smallest absolute Gasteiger partial charge is 0.166 e. The Bertz CT molecular complexity index is 436. The molecule has 1 N–H and O–H groups in total. The Hall–Kier alpha value is -1.47. The molecule has 0 aliphatic rings. The van der Waals surface area contributed by atoms with Crippen molar-refractivity contribution in [1.29, 1.82) is 5.26 Å². The zero-order valence-corrected chi connectivity index (χ0v) is 8.34. The van der Waals surface area contributed by atoms with Crippen LogP contribution in [0.3, 0.4) is 0 Å². The van der Waals surface area contributed by atoms with Crippen molar-refractivity contribution < 1.29 is 0 Å². The van der Waals surface area contributed by atoms with E-state index >= 15 is 0 Å². The van der Waals surface area contributed by atoms with E-state index in [9.17, 15) is 0 Å². The first-order valence-corrected chi connectivity index (χ1v) is 5.33. The third-order valence-electron chi connectivity index (χ3n) is 1.82. The van der Waals surface area contributed by atoms with E-state index in [1.807, 2.05) is 24.3 Å². The van der Waals surface area contributed by atoms with Crippen molar-refractivity contribution >= 4 is 22.8 Å². The Morgan fingerprint density at radius 1 is 1.43 bits per heavy atom. The molecule has 4 heteroatoms. The monoisotopic (exact) mass is 203 g/mol. The number of nitrogens with zero attached hydrogens (tertiary/aromatic N) is 2. The standard InChI is InChI=1S/C10H9N3S/c11-6-3-7-14-10-12-8-4-1-2-5-9(8)13-10/h1-2,4-5H,3,7H2,(H,12,13). The van der Waals surface area contributed by atoms with Gasteiger partial charge in [-0.3, -0.25) is 0 Å². The fourth-order valence-electron chi connectivity index (χ4n) is 1.19. The number of nitriles is 1. The normalized spacial score (nSPS) is 10.2. The number of imidazole rings is 1. The number of thioether (sulfide) groups is 1. The second-order valence-electron chi connectivity index (χ2n) is 2.82. The molecule has 0 saturated heterocycles. The molecule has 0 atom stereocenters. The van der Waals surface area contributed by atoms with E-state index in [1.165, 1.54) is 0 Å². The number of hydrogen-bond acceptors (Lipinski definition) is 3. The highest BCUT2D eigenvalue weighted by molar-refractivity contribution is 7.99. The second-order valence-corrected chi connectivity index (χ2v) is 3.90. The number of fused-ring (bicyclic) bond motifs is 1. The zero-order valence-electron chi connectivity index (χ0n) is 7.53. The highest BCUT2D eigenvalue weighted by Gasteiger charge is 2.01. The largest absolute Gasteiger partial charge is 0.333 e. The number of aromatic amines is 1. The van der Waals surface area contributed by atoms with Crippen LogP contribution in [-0.4, -0.2) is 15.7 Å². The molecule has 0 aliphatic carbocycles. The number of nitrogens with one attached hydrogen (secondary N) is 1. The summed E-state index contributed by atoms with van der Waals surface area (Å²) in [7, 11) is 0. The lowest BCUT2D eigenvalue weighted by Gasteiger charge is -1.89. The molecule has 0 fully saturated rings. The van der Waals surface area contributed by atoms with Gasteiger partial charge in [0.25, 0.3) is 0 Å². The summed E-state index contributed by atoms with van der Waals surface area (Å²) in [6.07, 6.45) is 0.557. The molecule has 0 aliphatic heterocycles. The Morgan fingerprint density at radius 3 is 3.07 bits per heavy atom. The van der Waals surface area contributed by atoms with E-state index < -0.39 is 0 Å². The first-order valence-electron chi connectivity index (χ1n) is 4.34. The average Bonchev–Trinajstić information content (AvgIpc) is 2.60. The van der Waals surface area contributed by atoms with Crippen LogP contribution in [0.25, 0.3) is 11.0 Å². The van der Waals surface area contributed by atoms with Gasteiger partial charge in [0.1, 0.15) is 0 Å². The fourth-order valence-corrected chi connectivity index (χ4v) is 1.92. The van der Waals surface area contributed by atoms with Crippen molar-refractivity contribution in [2.75, 3.05) is 5.75 Å². The van der Waals surface area contributed by atoms with Gasteiger partial charge in [-0.1, -0.05) is 23.9 Å². The SMILES string of the molecule is N#CCCSc1nc2ccccc2[nH]1. The molecular formula is C10H9N3S. The van der Waals surface area contributed by atoms with E-state index in [-0.39, 0.29) is 0 Å². The van der Waals surface area contributed by atoms with Gasteiger partial charge in [-0.25, -0.2) is 4.98 Å². The van der Waals surface area contributed by atoms with Crippen LogP contribution < -0.4 is 0 Å². The molecule has 0 bridgehead atoms. The summed E-state index contributed by atoms with van der Waals surface area (Å²) < 4.78 is 0. The van der Waals surface area contributed by atoms with Gasteiger partial charge in [0, 0.05) is 12.2 Å². The third kappa shape index (κ3) is 1.88. The lowest BCUT2D eigenvalue weighted by molar-refractivity contribution is 1.07. The topological polar surface area (TPSA) is 52.5 Å². The quantitative estimate of drug-likeness (QED) is 0.616. The number of hydrogen-bond donors (Lipinski definition) is 1. The van der Waals surface area contributed by atoms with Crippen molar-refractivity contribution in [3.8, 4) is 6.07 Å². The van der Waals surface area contributed by atoms with E-state index in [1.54, 1.807) is 11.8 Å². The van der Waals surface area contributed by atoms with Gasteiger partial charge >= 0.3 is 0 Å². The molecule has 1 aromatic heterocycles. The Kier molecular flexibility index (Phi) is 2.70. The summed E-state index contributed by atoms with van der Waals surface area (Å²) in [5, 5.41) is 9.28. The van der Waals surface area contributed by atoms with Crippen LogP contribution in [0.5, 0.6) is 0 Å². The van der Waals surface area contributed by atoms with Gasteiger partial charge < -0.3 is 4.98 Å². The summed E-state index contributed by atoms with van der Waals surface area (Å²) in [6, 6.07) is 10.0. The third-order valence-corrected chi connectivity index (χ3v) is 2.70. The van der Waals surface area contributed by atoms with Gasteiger partial charge in [0.2, 0.25) is 0 Å². The van der Waals surface area contributed by atoms with Gasteiger partial charge in [0.15, 0.2) is 5.16 Å². The maximum absolute atomic E-state index is 8.39. The summed E-state index contributed by atoms with van der Waals surface area (Å²) >= 11 is 1.58. The van der Waals surface area contributed by atoms with E-state index in [0.29, 0.717) is 6.42 Å². The number of benzene rings is 1. The predicted molar refractivity (Wildman–Crippen MR) is 57.0 cm³/mol. The summed E-state index contributed by atoms with van der Waals surface area (Å²) in [6.45, 7) is 0. The Labute approximate surface area is 86.2 Å². The molecule has 14 heavy (non-hydrogen) atoms. The van der Waals surface area contributed by atoms with Crippen LogP contribution >= 0.6 is 11.8 Å². The van der Waals surface area contributed by atoms with Crippen molar-refractivity contribution in [2.24, 2.45) is 0 Å². The van der Waals surface area contributed by atoms with E-state index in [2.05, 4.69) is 16.0 Å². The molecule has 0 amide bonds. The van der Waals surface area contributed by atoms with Gasteiger partial charge in [-0.15, -0.1) is 0 Å². The maximum Gasteiger partial charge on any atom is 0.166 e. The second kappa shape index (κ2) is 4.16. The number of rotatable bonds is 3. The molecule has 2 aromatic rings. The fraction of sp³-hybridized carbons (Fsp3) is 0.200. The van der Waals surface area contributed by atoms with Crippen molar-refractivity contribution in [3.63, 3.8) is 0 Å². The lowest BCUT2D eigenvalue weighted by atomic mass is 10.3. The number of aromatic nitrogens is 2. The van der Waals surface area contributed by atoms with Gasteiger partial charge in [-0.2, -0.15) is 5.26 Å². The first-order chi connectivity index (χ1) is 6.90. The van der Waals surface area contributed by atoms with E-state index in [4.69, 9.17) is 5.26 Å². The van der Waals surface area contributed by atoms with Crippen LogP contribution in [0.4, 0.5) is 0 Å². The molecule has 0 radical (unpaired) electrons. The number of para-hydroxylation sites is 2. The Morgan fingerprint density at radius 2 is 2.29 bits per heavy atom. The highest BCUT2D eigenvalue weighted by Crippen LogP contribution is 2.19. The van der Waals surface area contributed by atoms with Crippen molar-refractivity contribution in [2.45, 2.75) is 11.6 Å². The molecule has 1 aromatic carbocycles. The highest BCUT2D eigenvalue weighted by atomic mass is 32.2. The minimum Gasteiger partial charge on any atom is -0.333 e. The van der Waals surface area contributed by atoms with Crippen LogP contribution in [0, 0.1) is 11.3 Å². The number of H-pyrrole nitrogens is 1. The average molecular weight is 203 g/mol. The Balaban J connectivity index is 2.15. The minimum absolute atomic E-state index is 0.557. The van der Waals surface area contributed by atoms with Crippen molar-refractivity contribution in [1.82, 2.24) is 9.97 Å². The van der Waals surface area contributed by atoms with E-state index in [0.717, 1.165) is 21.9 Å². The molecule has 0 saturated carbocycles. The summed E-state index contributed by atoms with van der Waals surface area (Å²) in [5.74, 6) is 0.788. The van der Waals surface area contributed by atoms with Crippen LogP contribution in [0.15, 0.2) is 29.4 Å². The lowest BCUT2D eigenvalue weighted by Crippen LogP contribution is -1.78. The summed E-state index contributed by atoms with van der Waals surface area (Å²) in [4.78, 5) is 7.58. The first kappa shape index (κ1) is 9.10. The molecule has 3 nitrogen and oxygen atoms in total.